The number of nitrogens with zero attached hydrogens (tertiary/aromatic N) is 2. The summed E-state index contributed by atoms with van der Waals surface area (Å²) in [5, 5.41) is 5.51. The summed E-state index contributed by atoms with van der Waals surface area (Å²) in [5.74, 6) is -0.396. The lowest BCUT2D eigenvalue weighted by molar-refractivity contribution is -0.127. The van der Waals surface area contributed by atoms with Gasteiger partial charge >= 0.3 is 6.03 Å². The molecule has 2 N–H and O–H groups in total. The van der Waals surface area contributed by atoms with Crippen molar-refractivity contribution in [3.05, 3.63) is 59.9 Å². The Morgan fingerprint density at radius 3 is 2.63 bits per heavy atom. The fraction of sp³-hybridized carbons (Fsp3) is 0.350. The van der Waals surface area contributed by atoms with Crippen molar-refractivity contribution in [2.75, 3.05) is 6.54 Å². The second-order valence-corrected chi connectivity index (χ2v) is 6.65. The van der Waals surface area contributed by atoms with Gasteiger partial charge in [0.25, 0.3) is 5.91 Å². The largest absolute Gasteiger partial charge is 0.353 e. The van der Waals surface area contributed by atoms with Crippen LogP contribution in [0.25, 0.3) is 0 Å². The third kappa shape index (κ3) is 4.75. The summed E-state index contributed by atoms with van der Waals surface area (Å²) in [5.41, 5.74) is 2.07. The van der Waals surface area contributed by atoms with E-state index >= 15 is 0 Å². The van der Waals surface area contributed by atoms with E-state index in [0.717, 1.165) is 11.3 Å². The Kier molecular flexibility index (Phi) is 5.90. The summed E-state index contributed by atoms with van der Waals surface area (Å²) in [6.07, 6.45) is 3.02. The molecule has 7 nitrogen and oxygen atoms in total. The Morgan fingerprint density at radius 1 is 1.15 bits per heavy atom. The van der Waals surface area contributed by atoms with Crippen LogP contribution in [-0.2, 0) is 29.6 Å². The highest BCUT2D eigenvalue weighted by molar-refractivity contribution is 6.04. The monoisotopic (exact) mass is 368 g/mol. The molecule has 2 heterocycles. The summed E-state index contributed by atoms with van der Waals surface area (Å²) in [6, 6.07) is 12.6. The number of hydrogen-bond donors (Lipinski definition) is 2. The van der Waals surface area contributed by atoms with E-state index in [1.807, 2.05) is 60.3 Å². The van der Waals surface area contributed by atoms with Gasteiger partial charge in [-0.3, -0.25) is 14.5 Å². The van der Waals surface area contributed by atoms with E-state index in [1.165, 1.54) is 4.90 Å². The molecular formula is C20H24N4O3. The van der Waals surface area contributed by atoms with Crippen LogP contribution in [0.5, 0.6) is 0 Å². The number of rotatable bonds is 8. The van der Waals surface area contributed by atoms with Crippen molar-refractivity contribution in [2.24, 2.45) is 7.05 Å². The molecule has 1 aromatic heterocycles. The number of aromatic nitrogens is 1. The van der Waals surface area contributed by atoms with Gasteiger partial charge in [-0.15, -0.1) is 0 Å². The van der Waals surface area contributed by atoms with Crippen molar-refractivity contribution in [2.45, 2.75) is 31.8 Å². The zero-order chi connectivity index (χ0) is 19.2. The number of benzene rings is 1. The molecule has 27 heavy (non-hydrogen) atoms. The lowest BCUT2D eigenvalue weighted by Crippen LogP contribution is -2.34. The van der Waals surface area contributed by atoms with Gasteiger partial charge in [0.1, 0.15) is 6.04 Å². The molecule has 0 spiro atoms. The topological polar surface area (TPSA) is 83.4 Å². The van der Waals surface area contributed by atoms with E-state index in [9.17, 15) is 14.4 Å². The van der Waals surface area contributed by atoms with Gasteiger partial charge < -0.3 is 15.2 Å². The summed E-state index contributed by atoms with van der Waals surface area (Å²) in [6.45, 7) is 0.779. The van der Waals surface area contributed by atoms with Crippen LogP contribution in [0.15, 0.2) is 48.7 Å². The van der Waals surface area contributed by atoms with Crippen LogP contribution in [0.2, 0.25) is 0 Å². The molecule has 1 aromatic carbocycles. The van der Waals surface area contributed by atoms with Gasteiger partial charge in [0.05, 0.1) is 6.54 Å². The van der Waals surface area contributed by atoms with Crippen molar-refractivity contribution in [3.8, 4) is 0 Å². The second-order valence-electron chi connectivity index (χ2n) is 6.65. The van der Waals surface area contributed by atoms with Gasteiger partial charge in [0.2, 0.25) is 5.91 Å². The number of amides is 4. The molecule has 1 atom stereocenters. The Bertz CT molecular complexity index is 816. The lowest BCUT2D eigenvalue weighted by Gasteiger charge is -2.13. The van der Waals surface area contributed by atoms with Crippen LogP contribution >= 0.6 is 0 Å². The van der Waals surface area contributed by atoms with Crippen LogP contribution < -0.4 is 10.6 Å². The first-order chi connectivity index (χ1) is 13.0. The molecule has 1 unspecified atom stereocenters. The highest BCUT2D eigenvalue weighted by atomic mass is 16.2. The minimum atomic E-state index is -0.631. The molecule has 1 fully saturated rings. The van der Waals surface area contributed by atoms with Crippen molar-refractivity contribution in [1.29, 1.82) is 0 Å². The fourth-order valence-electron chi connectivity index (χ4n) is 3.10. The van der Waals surface area contributed by atoms with Gasteiger partial charge in [-0.1, -0.05) is 30.3 Å². The molecule has 0 aliphatic carbocycles. The Morgan fingerprint density at radius 2 is 1.93 bits per heavy atom. The van der Waals surface area contributed by atoms with Gasteiger partial charge in [-0.2, -0.15) is 0 Å². The van der Waals surface area contributed by atoms with Crippen molar-refractivity contribution in [1.82, 2.24) is 20.1 Å². The normalized spacial score (nSPS) is 16.5. The van der Waals surface area contributed by atoms with Crippen LogP contribution in [0.3, 0.4) is 0 Å². The highest BCUT2D eigenvalue weighted by Crippen LogP contribution is 2.13. The quantitative estimate of drug-likeness (QED) is 0.694. The predicted octanol–water partition coefficient (Wildman–Crippen LogP) is 1.58. The fourth-order valence-corrected chi connectivity index (χ4v) is 3.10. The van der Waals surface area contributed by atoms with Gasteiger partial charge in [-0.25, -0.2) is 4.79 Å². The highest BCUT2D eigenvalue weighted by Gasteiger charge is 2.37. The van der Waals surface area contributed by atoms with E-state index in [-0.39, 0.29) is 24.3 Å². The van der Waals surface area contributed by atoms with E-state index in [4.69, 9.17) is 0 Å². The molecule has 142 valence electrons. The predicted molar refractivity (Wildman–Crippen MR) is 101 cm³/mol. The molecule has 4 amide bonds. The molecule has 1 aliphatic rings. The molecule has 1 saturated heterocycles. The number of hydrogen-bond acceptors (Lipinski definition) is 3. The minimum absolute atomic E-state index is 0.138. The third-order valence-corrected chi connectivity index (χ3v) is 4.75. The smallest absolute Gasteiger partial charge is 0.324 e. The Balaban J connectivity index is 1.44. The van der Waals surface area contributed by atoms with E-state index in [1.54, 1.807) is 0 Å². The maximum absolute atomic E-state index is 12.4. The first kappa shape index (κ1) is 18.7. The summed E-state index contributed by atoms with van der Waals surface area (Å²) < 4.78 is 1.94. The Labute approximate surface area is 158 Å². The third-order valence-electron chi connectivity index (χ3n) is 4.75. The van der Waals surface area contributed by atoms with Crippen LogP contribution in [0.1, 0.15) is 24.1 Å². The molecule has 1 aliphatic heterocycles. The zero-order valence-corrected chi connectivity index (χ0v) is 15.4. The number of nitrogens with one attached hydrogen (secondary N) is 2. The molecule has 2 aromatic rings. The van der Waals surface area contributed by atoms with Crippen LogP contribution in [-0.4, -0.2) is 39.9 Å². The Hall–Kier alpha value is -3.09. The number of carbonyl (C=O) groups excluding carboxylic acids is 3. The van der Waals surface area contributed by atoms with Crippen molar-refractivity contribution >= 4 is 17.8 Å². The van der Waals surface area contributed by atoms with Crippen LogP contribution in [0.4, 0.5) is 4.79 Å². The molecule has 0 bridgehead atoms. The zero-order valence-electron chi connectivity index (χ0n) is 15.4. The molecule has 7 heteroatoms. The molecule has 3 rings (SSSR count). The summed E-state index contributed by atoms with van der Waals surface area (Å²) in [7, 11) is 1.91. The summed E-state index contributed by atoms with van der Waals surface area (Å²) >= 11 is 0. The molecule has 0 radical (unpaired) electrons. The maximum atomic E-state index is 12.4. The second kappa shape index (κ2) is 8.53. The number of urea groups is 1. The van der Waals surface area contributed by atoms with Crippen molar-refractivity contribution in [3.63, 3.8) is 0 Å². The first-order valence-electron chi connectivity index (χ1n) is 9.07. The average molecular weight is 368 g/mol. The van der Waals surface area contributed by atoms with E-state index < -0.39 is 6.04 Å². The maximum Gasteiger partial charge on any atom is 0.324 e. The standard InChI is InChI=1S/C20H24N4O3/c1-23-12-5-8-16(23)14-21-18(25)10-9-17-19(26)24(20(27)22-17)13-11-15-6-3-2-4-7-15/h2-8,12,17H,9-11,13-14H2,1H3,(H,21,25)(H,22,27). The van der Waals surface area contributed by atoms with Gasteiger partial charge in [-0.05, 0) is 30.5 Å². The van der Waals surface area contributed by atoms with E-state index in [2.05, 4.69) is 10.6 Å². The van der Waals surface area contributed by atoms with Crippen molar-refractivity contribution < 1.29 is 14.4 Å². The molecule has 0 saturated carbocycles. The SMILES string of the molecule is Cn1cccc1CNC(=O)CCC1NC(=O)N(CCc2ccccc2)C1=O. The lowest BCUT2D eigenvalue weighted by atomic mass is 10.1. The van der Waals surface area contributed by atoms with E-state index in [0.29, 0.717) is 25.9 Å². The number of carbonyl (C=O) groups is 3. The summed E-state index contributed by atoms with van der Waals surface area (Å²) in [4.78, 5) is 37.8. The van der Waals surface area contributed by atoms with Crippen LogP contribution in [0, 0.1) is 0 Å². The first-order valence-corrected chi connectivity index (χ1v) is 9.07. The minimum Gasteiger partial charge on any atom is -0.353 e. The number of imide groups is 1. The number of aryl methyl sites for hydroxylation is 1. The average Bonchev–Trinajstić information content (AvgIpc) is 3.20. The van der Waals surface area contributed by atoms with Gasteiger partial charge in [0.15, 0.2) is 0 Å². The molecular weight excluding hydrogens is 344 g/mol. The van der Waals surface area contributed by atoms with Gasteiger partial charge in [0, 0.05) is 31.9 Å².